The average molecular weight is 281 g/mol. The minimum absolute atomic E-state index is 0.0235. The van der Waals surface area contributed by atoms with Crippen LogP contribution in [-0.2, 0) is 4.79 Å². The van der Waals surface area contributed by atoms with Crippen LogP contribution in [0, 0.1) is 0 Å². The first-order valence-corrected chi connectivity index (χ1v) is 7.28. The van der Waals surface area contributed by atoms with E-state index in [1.54, 1.807) is 12.1 Å². The van der Waals surface area contributed by atoms with E-state index in [0.717, 1.165) is 5.69 Å². The van der Waals surface area contributed by atoms with Gasteiger partial charge < -0.3 is 5.32 Å². The molecule has 1 aromatic rings. The fourth-order valence-electron chi connectivity index (χ4n) is 2.64. The van der Waals surface area contributed by atoms with Crippen LogP contribution in [-0.4, -0.2) is 30.4 Å². The van der Waals surface area contributed by atoms with E-state index in [1.165, 1.54) is 32.1 Å². The number of hydrogen-bond acceptors (Lipinski definition) is 2. The molecule has 1 aliphatic rings. The summed E-state index contributed by atoms with van der Waals surface area (Å²) in [5, 5.41) is 3.53. The Hall–Kier alpha value is -1.06. The summed E-state index contributed by atoms with van der Waals surface area (Å²) in [5.74, 6) is 0.0235. The van der Waals surface area contributed by atoms with Gasteiger partial charge in [-0.25, -0.2) is 0 Å². The third-order valence-electron chi connectivity index (χ3n) is 3.70. The number of carbonyl (C=O) groups is 1. The van der Waals surface area contributed by atoms with E-state index >= 15 is 0 Å². The van der Waals surface area contributed by atoms with Gasteiger partial charge in [0.15, 0.2) is 0 Å². The second kappa shape index (κ2) is 6.92. The fraction of sp³-hybridized carbons (Fsp3) is 0.533. The predicted octanol–water partition coefficient (Wildman–Crippen LogP) is 3.54. The lowest BCUT2D eigenvalue weighted by atomic mass is 9.94. The van der Waals surface area contributed by atoms with Gasteiger partial charge in [0, 0.05) is 16.8 Å². The normalized spacial score (nSPS) is 16.6. The summed E-state index contributed by atoms with van der Waals surface area (Å²) >= 11 is 5.89. The van der Waals surface area contributed by atoms with Gasteiger partial charge in [-0.1, -0.05) is 36.9 Å². The highest BCUT2D eigenvalue weighted by Crippen LogP contribution is 2.21. The number of hydrogen-bond donors (Lipinski definition) is 1. The maximum atomic E-state index is 12.0. The van der Waals surface area contributed by atoms with E-state index in [1.807, 2.05) is 19.2 Å². The third-order valence-corrected chi connectivity index (χ3v) is 3.93. The van der Waals surface area contributed by atoms with E-state index in [2.05, 4.69) is 10.2 Å². The lowest BCUT2D eigenvalue weighted by molar-refractivity contribution is -0.117. The molecule has 0 aromatic heterocycles. The van der Waals surface area contributed by atoms with E-state index in [0.29, 0.717) is 17.6 Å². The Morgan fingerprint density at radius 1 is 1.37 bits per heavy atom. The summed E-state index contributed by atoms with van der Waals surface area (Å²) in [6.07, 6.45) is 6.32. The van der Waals surface area contributed by atoms with E-state index in [4.69, 9.17) is 11.6 Å². The molecule has 19 heavy (non-hydrogen) atoms. The molecule has 1 amide bonds. The zero-order valence-corrected chi connectivity index (χ0v) is 12.1. The first-order chi connectivity index (χ1) is 9.15. The summed E-state index contributed by atoms with van der Waals surface area (Å²) < 4.78 is 0. The summed E-state index contributed by atoms with van der Waals surface area (Å²) in [4.78, 5) is 14.1. The number of halogens is 1. The smallest absolute Gasteiger partial charge is 0.238 e. The number of likely N-dealkylation sites (N-methyl/N-ethyl adjacent to an activating group) is 1. The van der Waals surface area contributed by atoms with E-state index in [9.17, 15) is 4.79 Å². The summed E-state index contributed by atoms with van der Waals surface area (Å²) in [5.41, 5.74) is 0.759. The zero-order chi connectivity index (χ0) is 13.7. The minimum atomic E-state index is 0.0235. The summed E-state index contributed by atoms with van der Waals surface area (Å²) in [7, 11) is 2.04. The number of rotatable bonds is 4. The van der Waals surface area contributed by atoms with Crippen LogP contribution in [0.15, 0.2) is 24.3 Å². The molecular formula is C15H21ClN2O. The molecule has 0 unspecified atom stereocenters. The third kappa shape index (κ3) is 4.51. The van der Waals surface area contributed by atoms with Gasteiger partial charge in [0.25, 0.3) is 0 Å². The number of amides is 1. The first-order valence-electron chi connectivity index (χ1n) is 6.91. The van der Waals surface area contributed by atoms with Crippen LogP contribution in [0.1, 0.15) is 32.1 Å². The highest BCUT2D eigenvalue weighted by Gasteiger charge is 2.19. The van der Waals surface area contributed by atoms with Crippen molar-refractivity contribution in [2.45, 2.75) is 38.1 Å². The predicted molar refractivity (Wildman–Crippen MR) is 79.6 cm³/mol. The largest absolute Gasteiger partial charge is 0.325 e. The Morgan fingerprint density at radius 2 is 2.11 bits per heavy atom. The number of benzene rings is 1. The average Bonchev–Trinajstić information content (AvgIpc) is 2.39. The standard InChI is InChI=1S/C15H21ClN2O/c1-18(14-8-3-2-4-9-14)11-15(19)17-13-7-5-6-12(16)10-13/h5-7,10,14H,2-4,8-9,11H2,1H3,(H,17,19). The molecule has 0 saturated heterocycles. The highest BCUT2D eigenvalue weighted by atomic mass is 35.5. The van der Waals surface area contributed by atoms with E-state index in [-0.39, 0.29) is 5.91 Å². The lowest BCUT2D eigenvalue weighted by Gasteiger charge is -2.30. The van der Waals surface area contributed by atoms with Gasteiger partial charge in [0.1, 0.15) is 0 Å². The van der Waals surface area contributed by atoms with Crippen molar-refractivity contribution >= 4 is 23.2 Å². The molecule has 1 saturated carbocycles. The van der Waals surface area contributed by atoms with Crippen molar-refractivity contribution in [3.05, 3.63) is 29.3 Å². The number of nitrogens with one attached hydrogen (secondary N) is 1. The Labute approximate surface area is 119 Å². The fourth-order valence-corrected chi connectivity index (χ4v) is 2.83. The van der Waals surface area contributed by atoms with Gasteiger partial charge >= 0.3 is 0 Å². The molecule has 2 rings (SSSR count). The van der Waals surface area contributed by atoms with Crippen molar-refractivity contribution in [1.29, 1.82) is 0 Å². The number of anilines is 1. The first kappa shape index (κ1) is 14.4. The van der Waals surface area contributed by atoms with Gasteiger partial charge in [-0.15, -0.1) is 0 Å². The molecule has 104 valence electrons. The molecule has 0 heterocycles. The molecule has 1 fully saturated rings. The molecule has 4 heteroatoms. The lowest BCUT2D eigenvalue weighted by Crippen LogP contribution is -2.39. The second-order valence-corrected chi connectivity index (χ2v) is 5.70. The molecule has 0 spiro atoms. The van der Waals surface area contributed by atoms with Crippen LogP contribution in [0.3, 0.4) is 0 Å². The Balaban J connectivity index is 1.83. The molecular weight excluding hydrogens is 260 g/mol. The molecule has 0 aliphatic heterocycles. The maximum absolute atomic E-state index is 12.0. The van der Waals surface area contributed by atoms with Crippen LogP contribution in [0.4, 0.5) is 5.69 Å². The zero-order valence-electron chi connectivity index (χ0n) is 11.4. The van der Waals surface area contributed by atoms with Crippen LogP contribution >= 0.6 is 11.6 Å². The van der Waals surface area contributed by atoms with E-state index < -0.39 is 0 Å². The van der Waals surface area contributed by atoms with Crippen molar-refractivity contribution < 1.29 is 4.79 Å². The van der Waals surface area contributed by atoms with Gasteiger partial charge in [-0.05, 0) is 38.1 Å². The van der Waals surface area contributed by atoms with Gasteiger partial charge in [0.2, 0.25) is 5.91 Å². The van der Waals surface area contributed by atoms with Crippen molar-refractivity contribution in [3.63, 3.8) is 0 Å². The summed E-state index contributed by atoms with van der Waals surface area (Å²) in [6, 6.07) is 7.80. The Bertz CT molecular complexity index is 430. The van der Waals surface area contributed by atoms with Gasteiger partial charge in [-0.2, -0.15) is 0 Å². The summed E-state index contributed by atoms with van der Waals surface area (Å²) in [6.45, 7) is 0.442. The van der Waals surface area contributed by atoms with Crippen molar-refractivity contribution in [3.8, 4) is 0 Å². The van der Waals surface area contributed by atoms with Crippen LogP contribution in [0.5, 0.6) is 0 Å². The molecule has 0 atom stereocenters. The Kier molecular flexibility index (Phi) is 5.23. The molecule has 0 radical (unpaired) electrons. The monoisotopic (exact) mass is 280 g/mol. The minimum Gasteiger partial charge on any atom is -0.325 e. The van der Waals surface area contributed by atoms with Crippen LogP contribution in [0.2, 0.25) is 5.02 Å². The van der Waals surface area contributed by atoms with Crippen LogP contribution in [0.25, 0.3) is 0 Å². The van der Waals surface area contributed by atoms with Crippen LogP contribution < -0.4 is 5.32 Å². The maximum Gasteiger partial charge on any atom is 0.238 e. The quantitative estimate of drug-likeness (QED) is 0.915. The van der Waals surface area contributed by atoms with Crippen molar-refractivity contribution in [1.82, 2.24) is 4.90 Å². The molecule has 1 N–H and O–H groups in total. The number of nitrogens with zero attached hydrogens (tertiary/aromatic N) is 1. The SMILES string of the molecule is CN(CC(=O)Nc1cccc(Cl)c1)C1CCCCC1. The van der Waals surface area contributed by atoms with Crippen molar-refractivity contribution in [2.24, 2.45) is 0 Å². The molecule has 0 bridgehead atoms. The molecule has 1 aromatic carbocycles. The van der Waals surface area contributed by atoms with Crippen molar-refractivity contribution in [2.75, 3.05) is 18.9 Å². The van der Waals surface area contributed by atoms with Gasteiger partial charge in [-0.3, -0.25) is 9.69 Å². The Morgan fingerprint density at radius 3 is 2.79 bits per heavy atom. The molecule has 3 nitrogen and oxygen atoms in total. The second-order valence-electron chi connectivity index (χ2n) is 5.27. The highest BCUT2D eigenvalue weighted by molar-refractivity contribution is 6.30. The molecule has 1 aliphatic carbocycles. The number of carbonyl (C=O) groups excluding carboxylic acids is 1. The topological polar surface area (TPSA) is 32.3 Å². The van der Waals surface area contributed by atoms with Gasteiger partial charge in [0.05, 0.1) is 6.54 Å².